The second-order valence-electron chi connectivity index (χ2n) is 5.11. The van der Waals surface area contributed by atoms with Crippen molar-refractivity contribution in [1.29, 1.82) is 0 Å². The summed E-state index contributed by atoms with van der Waals surface area (Å²) in [5, 5.41) is 4.52. The summed E-state index contributed by atoms with van der Waals surface area (Å²) in [6.07, 6.45) is 1.46. The fourth-order valence-corrected chi connectivity index (χ4v) is 3.30. The number of hydrogen-bond acceptors (Lipinski definition) is 4. The van der Waals surface area contributed by atoms with Gasteiger partial charge in [-0.05, 0) is 24.8 Å². The van der Waals surface area contributed by atoms with Crippen LogP contribution in [0.25, 0.3) is 0 Å². The molecule has 22 heavy (non-hydrogen) atoms. The Bertz CT molecular complexity index is 631. The van der Waals surface area contributed by atoms with Crippen LogP contribution >= 0.6 is 0 Å². The molecule has 1 aliphatic rings. The van der Waals surface area contributed by atoms with Gasteiger partial charge in [0.05, 0.1) is 5.75 Å². The first-order valence-corrected chi connectivity index (χ1v) is 8.74. The van der Waals surface area contributed by atoms with E-state index in [1.54, 1.807) is 0 Å². The zero-order chi connectivity index (χ0) is 16.0. The number of sulfonamides is 1. The van der Waals surface area contributed by atoms with Gasteiger partial charge >= 0.3 is 6.03 Å². The number of carbonyl (C=O) groups is 2. The second kappa shape index (κ2) is 7.37. The Balaban J connectivity index is 1.68. The van der Waals surface area contributed by atoms with Crippen LogP contribution in [0.2, 0.25) is 0 Å². The van der Waals surface area contributed by atoms with Crippen molar-refractivity contribution in [3.63, 3.8) is 0 Å². The molecule has 120 valence electrons. The van der Waals surface area contributed by atoms with E-state index in [0.717, 1.165) is 5.56 Å². The smallest absolute Gasteiger partial charge is 0.322 e. The van der Waals surface area contributed by atoms with Crippen molar-refractivity contribution in [2.75, 3.05) is 12.3 Å². The number of urea groups is 1. The zero-order valence-corrected chi connectivity index (χ0v) is 12.9. The quantitative estimate of drug-likeness (QED) is 0.591. The summed E-state index contributed by atoms with van der Waals surface area (Å²) >= 11 is 0. The molecule has 1 heterocycles. The number of hydrogen-bond donors (Lipinski definition) is 3. The van der Waals surface area contributed by atoms with Crippen LogP contribution in [0.1, 0.15) is 18.4 Å². The Labute approximate surface area is 129 Å². The van der Waals surface area contributed by atoms with Gasteiger partial charge in [-0.2, -0.15) is 0 Å². The molecule has 1 aliphatic heterocycles. The van der Waals surface area contributed by atoms with E-state index in [-0.39, 0.29) is 18.7 Å². The van der Waals surface area contributed by atoms with Crippen molar-refractivity contribution in [3.05, 3.63) is 35.9 Å². The van der Waals surface area contributed by atoms with E-state index < -0.39 is 28.0 Å². The Morgan fingerprint density at radius 1 is 1.14 bits per heavy atom. The van der Waals surface area contributed by atoms with Crippen molar-refractivity contribution >= 4 is 22.0 Å². The average molecular weight is 325 g/mol. The van der Waals surface area contributed by atoms with Gasteiger partial charge in [0.25, 0.3) is 5.91 Å². The highest BCUT2D eigenvalue weighted by Crippen LogP contribution is 2.04. The summed E-state index contributed by atoms with van der Waals surface area (Å²) < 4.78 is 26.1. The number of imide groups is 1. The van der Waals surface area contributed by atoms with Gasteiger partial charge in [-0.15, -0.1) is 0 Å². The van der Waals surface area contributed by atoms with Gasteiger partial charge in [0, 0.05) is 6.54 Å². The lowest BCUT2D eigenvalue weighted by Gasteiger charge is -2.09. The molecule has 3 N–H and O–H groups in total. The maximum atomic E-state index is 11.8. The van der Waals surface area contributed by atoms with Crippen LogP contribution in [0, 0.1) is 0 Å². The maximum absolute atomic E-state index is 11.8. The van der Waals surface area contributed by atoms with Crippen LogP contribution in [0.3, 0.4) is 0 Å². The summed E-state index contributed by atoms with van der Waals surface area (Å²) in [6, 6.07) is 8.47. The summed E-state index contributed by atoms with van der Waals surface area (Å²) in [5.41, 5.74) is 1.10. The molecule has 0 radical (unpaired) electrons. The first-order chi connectivity index (χ1) is 10.5. The first kappa shape index (κ1) is 16.4. The maximum Gasteiger partial charge on any atom is 0.322 e. The van der Waals surface area contributed by atoms with Gasteiger partial charge in [-0.3, -0.25) is 10.1 Å². The van der Waals surface area contributed by atoms with Crippen LogP contribution in [-0.4, -0.2) is 38.7 Å². The lowest BCUT2D eigenvalue weighted by Crippen LogP contribution is -2.35. The van der Waals surface area contributed by atoms with Crippen molar-refractivity contribution in [2.45, 2.75) is 25.3 Å². The monoisotopic (exact) mass is 325 g/mol. The molecule has 3 amide bonds. The van der Waals surface area contributed by atoms with E-state index in [9.17, 15) is 18.0 Å². The van der Waals surface area contributed by atoms with Gasteiger partial charge in [-0.1, -0.05) is 30.3 Å². The first-order valence-electron chi connectivity index (χ1n) is 7.09. The Morgan fingerprint density at radius 3 is 2.50 bits per heavy atom. The van der Waals surface area contributed by atoms with Crippen molar-refractivity contribution in [1.82, 2.24) is 15.4 Å². The van der Waals surface area contributed by atoms with Crippen LogP contribution in [0.4, 0.5) is 4.79 Å². The van der Waals surface area contributed by atoms with Gasteiger partial charge in [0.1, 0.15) is 6.04 Å². The van der Waals surface area contributed by atoms with Crippen molar-refractivity contribution in [2.24, 2.45) is 0 Å². The van der Waals surface area contributed by atoms with Gasteiger partial charge in [0.15, 0.2) is 0 Å². The zero-order valence-electron chi connectivity index (χ0n) is 12.0. The van der Waals surface area contributed by atoms with E-state index in [1.165, 1.54) is 0 Å². The number of benzene rings is 1. The minimum Gasteiger partial charge on any atom is -0.326 e. The normalized spacial score (nSPS) is 18.1. The molecule has 1 aromatic rings. The highest BCUT2D eigenvalue weighted by Gasteiger charge is 2.29. The third-order valence-corrected chi connectivity index (χ3v) is 4.80. The molecule has 1 unspecified atom stereocenters. The molecular formula is C14H19N3O4S. The lowest BCUT2D eigenvalue weighted by atomic mass is 10.1. The summed E-state index contributed by atoms with van der Waals surface area (Å²) in [6.45, 7) is 0.117. The van der Waals surface area contributed by atoms with Crippen molar-refractivity contribution in [3.8, 4) is 0 Å². The number of rotatable bonds is 8. The lowest BCUT2D eigenvalue weighted by molar-refractivity contribution is -0.120. The third kappa shape index (κ3) is 5.12. The van der Waals surface area contributed by atoms with Crippen LogP contribution in [0.5, 0.6) is 0 Å². The number of amides is 3. The Morgan fingerprint density at radius 2 is 1.86 bits per heavy atom. The number of aryl methyl sites for hydroxylation is 1. The Kier molecular flexibility index (Phi) is 5.51. The largest absolute Gasteiger partial charge is 0.326 e. The van der Waals surface area contributed by atoms with E-state index in [1.807, 2.05) is 30.3 Å². The predicted molar refractivity (Wildman–Crippen MR) is 81.6 cm³/mol. The topological polar surface area (TPSA) is 104 Å². The second-order valence-corrected chi connectivity index (χ2v) is 7.03. The molecule has 0 aliphatic carbocycles. The Hall–Kier alpha value is -1.93. The predicted octanol–water partition coefficient (Wildman–Crippen LogP) is 0.137. The summed E-state index contributed by atoms with van der Waals surface area (Å²) in [4.78, 5) is 22.2. The van der Waals surface area contributed by atoms with E-state index in [4.69, 9.17) is 0 Å². The fourth-order valence-electron chi connectivity index (χ4n) is 2.20. The van der Waals surface area contributed by atoms with Gasteiger partial charge < -0.3 is 5.32 Å². The molecule has 0 spiro atoms. The molecular weight excluding hydrogens is 306 g/mol. The molecule has 1 saturated heterocycles. The van der Waals surface area contributed by atoms with E-state index in [2.05, 4.69) is 15.4 Å². The summed E-state index contributed by atoms with van der Waals surface area (Å²) in [5.74, 6) is -0.390. The molecule has 1 fully saturated rings. The molecule has 0 aromatic heterocycles. The standard InChI is InChI=1S/C14H19N3O4S/c18-13-12(16-14(19)17-13)8-9-15-22(20,21)10-4-7-11-5-2-1-3-6-11/h1-3,5-6,12,15H,4,7-10H2,(H2,16,17,18,19). The molecule has 1 aromatic carbocycles. The molecule has 0 bridgehead atoms. The molecule has 2 rings (SSSR count). The molecule has 0 saturated carbocycles. The highest BCUT2D eigenvalue weighted by atomic mass is 32.2. The van der Waals surface area contributed by atoms with Crippen LogP contribution in [-0.2, 0) is 21.2 Å². The fraction of sp³-hybridized carbons (Fsp3) is 0.429. The SMILES string of the molecule is O=C1NC(=O)C(CCNS(=O)(=O)CCCc2ccccc2)N1. The minimum atomic E-state index is -3.37. The van der Waals surface area contributed by atoms with Crippen LogP contribution < -0.4 is 15.4 Å². The number of carbonyl (C=O) groups excluding carboxylic acids is 2. The minimum absolute atomic E-state index is 0.0329. The average Bonchev–Trinajstić information content (AvgIpc) is 2.78. The highest BCUT2D eigenvalue weighted by molar-refractivity contribution is 7.89. The van der Waals surface area contributed by atoms with Crippen molar-refractivity contribution < 1.29 is 18.0 Å². The molecule has 7 nitrogen and oxygen atoms in total. The van der Waals surface area contributed by atoms with Crippen LogP contribution in [0.15, 0.2) is 30.3 Å². The van der Waals surface area contributed by atoms with Gasteiger partial charge in [-0.25, -0.2) is 17.9 Å². The summed E-state index contributed by atoms with van der Waals surface area (Å²) in [7, 11) is -3.37. The number of nitrogens with one attached hydrogen (secondary N) is 3. The van der Waals surface area contributed by atoms with Gasteiger partial charge in [0.2, 0.25) is 10.0 Å². The third-order valence-electron chi connectivity index (χ3n) is 3.33. The van der Waals surface area contributed by atoms with E-state index in [0.29, 0.717) is 12.8 Å². The molecule has 8 heteroatoms. The van der Waals surface area contributed by atoms with E-state index >= 15 is 0 Å². The molecule has 1 atom stereocenters.